The average molecular weight is 201 g/mol. The second kappa shape index (κ2) is 4.25. The van der Waals surface area contributed by atoms with Crippen LogP contribution in [0.25, 0.3) is 0 Å². The Bertz CT molecular complexity index is 199. The monoisotopic (exact) mass is 200 g/mol. The second-order valence-corrected chi connectivity index (χ2v) is 4.51. The summed E-state index contributed by atoms with van der Waals surface area (Å²) < 4.78 is 23.3. The van der Waals surface area contributed by atoms with Gasteiger partial charge in [0.1, 0.15) is 0 Å². The summed E-state index contributed by atoms with van der Waals surface area (Å²) in [5, 5.41) is 2.13. The Kier molecular flexibility index (Phi) is 4.31. The van der Waals surface area contributed by atoms with E-state index in [1.807, 2.05) is 0 Å². The molecular weight excluding hydrogens is 188 g/mol. The highest BCUT2D eigenvalue weighted by Gasteiger charge is 2.19. The number of sulfonamides is 1. The van der Waals surface area contributed by atoms with E-state index < -0.39 is 10.0 Å². The number of nitrogens with two attached hydrogens (primary N) is 1. The number of hydrogen-bond donors (Lipinski definition) is 1. The molecule has 0 aromatic carbocycles. The van der Waals surface area contributed by atoms with Crippen LogP contribution in [0.1, 0.15) is 0 Å². The van der Waals surface area contributed by atoms with Crippen LogP contribution in [0, 0.1) is 0 Å². The van der Waals surface area contributed by atoms with E-state index in [9.17, 15) is 8.42 Å². The number of quaternary nitrogens is 1. The molecule has 1 aliphatic heterocycles. The van der Waals surface area contributed by atoms with Crippen molar-refractivity contribution >= 4 is 10.0 Å². The molecule has 0 bridgehead atoms. The van der Waals surface area contributed by atoms with E-state index in [0.717, 1.165) is 13.1 Å². The van der Waals surface area contributed by atoms with E-state index in [1.165, 1.54) is 10.6 Å². The van der Waals surface area contributed by atoms with Gasteiger partial charge in [0.05, 0.1) is 32.4 Å². The highest BCUT2D eigenvalue weighted by molar-refractivity contribution is 7.88. The number of rotatable bonds is 1. The van der Waals surface area contributed by atoms with Crippen LogP contribution in [0.5, 0.6) is 0 Å². The molecule has 6 heteroatoms. The summed E-state index contributed by atoms with van der Waals surface area (Å²) in [6.07, 6.45) is 1.26. The maximum Gasteiger partial charge on any atom is 0.211 e. The van der Waals surface area contributed by atoms with E-state index in [2.05, 4.69) is 5.32 Å². The van der Waals surface area contributed by atoms with Gasteiger partial charge in [-0.3, -0.25) is 0 Å². The number of nitrogens with zero attached hydrogens (tertiary/aromatic N) is 1. The smallest absolute Gasteiger partial charge is 0.211 e. The molecular formula is C5H13ClN2O2S. The Balaban J connectivity index is 0.000001000. The summed E-state index contributed by atoms with van der Waals surface area (Å²) in [4.78, 5) is 0. The normalized spacial score (nSPS) is 20.8. The zero-order chi connectivity index (χ0) is 7.61. The molecule has 0 aromatic heterocycles. The van der Waals surface area contributed by atoms with Gasteiger partial charge in [-0.15, -0.1) is 0 Å². The van der Waals surface area contributed by atoms with Gasteiger partial charge in [-0.25, -0.2) is 8.42 Å². The van der Waals surface area contributed by atoms with Gasteiger partial charge < -0.3 is 17.7 Å². The van der Waals surface area contributed by atoms with Crippen LogP contribution in [-0.2, 0) is 10.0 Å². The molecule has 0 saturated carbocycles. The molecule has 1 saturated heterocycles. The number of halogens is 1. The van der Waals surface area contributed by atoms with E-state index in [1.54, 1.807) is 0 Å². The summed E-state index contributed by atoms with van der Waals surface area (Å²) in [6.45, 7) is 3.12. The molecule has 68 valence electrons. The predicted octanol–water partition coefficient (Wildman–Crippen LogP) is -5.17. The van der Waals surface area contributed by atoms with Crippen molar-refractivity contribution in [3.05, 3.63) is 0 Å². The summed E-state index contributed by atoms with van der Waals surface area (Å²) in [6, 6.07) is 0. The van der Waals surface area contributed by atoms with Gasteiger partial charge in [0.15, 0.2) is 0 Å². The minimum atomic E-state index is -2.91. The summed E-state index contributed by atoms with van der Waals surface area (Å²) in [5.74, 6) is 0. The van der Waals surface area contributed by atoms with Crippen molar-refractivity contribution in [2.45, 2.75) is 0 Å². The largest absolute Gasteiger partial charge is 1.00 e. The topological polar surface area (TPSA) is 54.0 Å². The van der Waals surface area contributed by atoms with E-state index in [-0.39, 0.29) is 12.4 Å². The van der Waals surface area contributed by atoms with Crippen molar-refractivity contribution in [3.8, 4) is 0 Å². The van der Waals surface area contributed by atoms with Gasteiger partial charge >= 0.3 is 0 Å². The third kappa shape index (κ3) is 3.37. The van der Waals surface area contributed by atoms with Gasteiger partial charge in [0, 0.05) is 0 Å². The van der Waals surface area contributed by atoms with Gasteiger partial charge in [-0.1, -0.05) is 0 Å². The zero-order valence-electron chi connectivity index (χ0n) is 6.46. The molecule has 0 aliphatic carbocycles. The molecule has 4 nitrogen and oxygen atoms in total. The van der Waals surface area contributed by atoms with Gasteiger partial charge in [0.25, 0.3) is 0 Å². The quantitative estimate of drug-likeness (QED) is 0.460. The molecule has 0 atom stereocenters. The van der Waals surface area contributed by atoms with Crippen molar-refractivity contribution in [1.82, 2.24) is 4.31 Å². The molecule has 1 aliphatic rings. The van der Waals surface area contributed by atoms with Crippen LogP contribution in [0.4, 0.5) is 0 Å². The molecule has 1 heterocycles. The number of hydrogen-bond acceptors (Lipinski definition) is 2. The highest BCUT2D eigenvalue weighted by atomic mass is 35.5. The van der Waals surface area contributed by atoms with Gasteiger partial charge in [0.2, 0.25) is 10.0 Å². The highest BCUT2D eigenvalue weighted by Crippen LogP contribution is 1.95. The van der Waals surface area contributed by atoms with Crippen molar-refractivity contribution in [3.63, 3.8) is 0 Å². The summed E-state index contributed by atoms with van der Waals surface area (Å²) in [5.41, 5.74) is 0. The van der Waals surface area contributed by atoms with Crippen LogP contribution >= 0.6 is 0 Å². The standard InChI is InChI=1S/C5H12N2O2S.ClH/c1-10(8,9)7-4-2-6-3-5-7;/h6H,2-5H2,1H3;1H. The van der Waals surface area contributed by atoms with E-state index in [4.69, 9.17) is 0 Å². The lowest BCUT2D eigenvalue weighted by Gasteiger charge is -2.22. The fourth-order valence-corrected chi connectivity index (χ4v) is 1.93. The first-order chi connectivity index (χ1) is 4.61. The van der Waals surface area contributed by atoms with Crippen LogP contribution in [-0.4, -0.2) is 45.2 Å². The Morgan fingerprint density at radius 2 is 1.73 bits per heavy atom. The first kappa shape index (κ1) is 11.2. The molecule has 0 spiro atoms. The van der Waals surface area contributed by atoms with Gasteiger partial charge in [-0.05, 0) is 0 Å². The molecule has 0 amide bonds. The molecule has 2 N–H and O–H groups in total. The average Bonchev–Trinajstić information content (AvgIpc) is 1.88. The van der Waals surface area contributed by atoms with Crippen LogP contribution < -0.4 is 17.7 Å². The van der Waals surface area contributed by atoms with Crippen LogP contribution in [0.15, 0.2) is 0 Å². The van der Waals surface area contributed by atoms with Gasteiger partial charge in [-0.2, -0.15) is 4.31 Å². The molecule has 11 heavy (non-hydrogen) atoms. The van der Waals surface area contributed by atoms with E-state index >= 15 is 0 Å². The summed E-state index contributed by atoms with van der Waals surface area (Å²) in [7, 11) is -2.91. The maximum atomic E-state index is 10.9. The minimum Gasteiger partial charge on any atom is -1.00 e. The molecule has 1 fully saturated rings. The second-order valence-electron chi connectivity index (χ2n) is 2.53. The lowest BCUT2D eigenvalue weighted by Crippen LogP contribution is -3.00. The van der Waals surface area contributed by atoms with Crippen LogP contribution in [0.2, 0.25) is 0 Å². The molecule has 0 radical (unpaired) electrons. The fourth-order valence-electron chi connectivity index (χ4n) is 1.06. The Labute approximate surface area is 73.4 Å². The minimum absolute atomic E-state index is 0. The van der Waals surface area contributed by atoms with Crippen molar-refractivity contribution in [2.75, 3.05) is 32.4 Å². The Hall–Kier alpha value is 0.160. The Morgan fingerprint density at radius 3 is 2.00 bits per heavy atom. The lowest BCUT2D eigenvalue weighted by molar-refractivity contribution is -0.661. The first-order valence-corrected chi connectivity index (χ1v) is 5.22. The fraction of sp³-hybridized carbons (Fsp3) is 1.00. The third-order valence-corrected chi connectivity index (χ3v) is 2.94. The predicted molar refractivity (Wildman–Crippen MR) is 38.1 cm³/mol. The third-order valence-electron chi connectivity index (χ3n) is 1.63. The van der Waals surface area contributed by atoms with Crippen LogP contribution in [0.3, 0.4) is 0 Å². The summed E-state index contributed by atoms with van der Waals surface area (Å²) >= 11 is 0. The zero-order valence-corrected chi connectivity index (χ0v) is 8.03. The molecule has 0 aromatic rings. The first-order valence-electron chi connectivity index (χ1n) is 3.37. The molecule has 1 rings (SSSR count). The maximum absolute atomic E-state index is 10.9. The Morgan fingerprint density at radius 1 is 1.27 bits per heavy atom. The SMILES string of the molecule is CS(=O)(=O)N1CC[NH2+]CC1.[Cl-]. The molecule has 0 unspecified atom stereocenters. The van der Waals surface area contributed by atoms with Crippen molar-refractivity contribution in [2.24, 2.45) is 0 Å². The lowest BCUT2D eigenvalue weighted by atomic mass is 10.4. The number of piperazine rings is 1. The van der Waals surface area contributed by atoms with Crippen molar-refractivity contribution in [1.29, 1.82) is 0 Å². The van der Waals surface area contributed by atoms with Crippen molar-refractivity contribution < 1.29 is 26.1 Å². The van der Waals surface area contributed by atoms with E-state index in [0.29, 0.717) is 13.1 Å².